The zero-order chi connectivity index (χ0) is 35.9. The zero-order valence-corrected chi connectivity index (χ0v) is 31.1. The predicted molar refractivity (Wildman–Crippen MR) is 209 cm³/mol. The third-order valence-corrected chi connectivity index (χ3v) is 9.48. The Balaban J connectivity index is 1.27. The number of unbranched alkanes of at least 4 members (excludes halogenated alkanes) is 13. The zero-order valence-electron chi connectivity index (χ0n) is 31.1. The number of benzene rings is 3. The number of non-ortho nitro benzene ring substituents is 1. The second-order valence-corrected chi connectivity index (χ2v) is 13.6. The Bertz CT molecular complexity index is 1470. The number of hydrogen-bond donors (Lipinski definition) is 0. The van der Waals surface area contributed by atoms with Gasteiger partial charge in [-0.2, -0.15) is 15.3 Å². The lowest BCUT2D eigenvalue weighted by atomic mass is 10.1. The predicted octanol–water partition coefficient (Wildman–Crippen LogP) is 12.8. The number of nitro groups is 1. The molecule has 0 N–H and O–H groups in total. The molecule has 10 heteroatoms. The molecule has 276 valence electrons. The Kier molecular flexibility index (Phi) is 18.1. The van der Waals surface area contributed by atoms with Crippen LogP contribution in [-0.4, -0.2) is 49.2 Å². The van der Waals surface area contributed by atoms with Crippen molar-refractivity contribution in [2.45, 2.75) is 110 Å². The van der Waals surface area contributed by atoms with E-state index in [1.807, 2.05) is 30.3 Å². The summed E-state index contributed by atoms with van der Waals surface area (Å²) in [4.78, 5) is 15.6. The minimum atomic E-state index is -0.433. The molecule has 0 saturated carbocycles. The van der Waals surface area contributed by atoms with E-state index in [9.17, 15) is 10.1 Å². The van der Waals surface area contributed by atoms with Crippen molar-refractivity contribution in [1.82, 2.24) is 4.90 Å². The van der Waals surface area contributed by atoms with Crippen LogP contribution in [0.3, 0.4) is 0 Å². The Hall–Kier alpha value is -4.18. The second-order valence-electron chi connectivity index (χ2n) is 13.6. The fourth-order valence-electron chi connectivity index (χ4n) is 6.30. The first-order valence-electron chi connectivity index (χ1n) is 19.5. The summed E-state index contributed by atoms with van der Waals surface area (Å²) in [5.41, 5.74) is 3.78. The van der Waals surface area contributed by atoms with Crippen molar-refractivity contribution >= 4 is 34.1 Å². The molecule has 0 bridgehead atoms. The Morgan fingerprint density at radius 1 is 0.608 bits per heavy atom. The average Bonchev–Trinajstić information content (AvgIpc) is 3.16. The van der Waals surface area contributed by atoms with Gasteiger partial charge >= 0.3 is 0 Å². The first-order chi connectivity index (χ1) is 25.1. The molecule has 1 fully saturated rings. The SMILES string of the molecule is CCCCCCCCCCCN1CCN(c2ccc(N=Nc3ccc(N=Nc4ccc([N+](=O)[O-])cc4)c(OCCCCCCCC)c3)cc2)CC1. The van der Waals surface area contributed by atoms with Crippen LogP contribution >= 0.6 is 0 Å². The maximum Gasteiger partial charge on any atom is 0.269 e. The van der Waals surface area contributed by atoms with Crippen LogP contribution < -0.4 is 9.64 Å². The summed E-state index contributed by atoms with van der Waals surface area (Å²) in [6.45, 7) is 10.6. The van der Waals surface area contributed by atoms with Crippen LogP contribution in [0.25, 0.3) is 0 Å². The lowest BCUT2D eigenvalue weighted by Crippen LogP contribution is -2.46. The molecule has 4 rings (SSSR count). The van der Waals surface area contributed by atoms with Gasteiger partial charge in [0.1, 0.15) is 11.4 Å². The standard InChI is InChI=1S/C41H59N7O3/c1-3-5-7-9-11-12-13-14-16-28-46-29-31-47(32-30-46)38-23-18-35(19-24-38)42-44-37-22-27-40(41(34-37)51-33-17-15-10-8-6-4-2)45-43-36-20-25-39(26-21-36)48(49)50/h18-27,34H,3-17,28-33H2,1-2H3. The third-order valence-electron chi connectivity index (χ3n) is 9.48. The van der Waals surface area contributed by atoms with Crippen LogP contribution in [0.5, 0.6) is 5.75 Å². The smallest absolute Gasteiger partial charge is 0.269 e. The number of ether oxygens (including phenoxy) is 1. The van der Waals surface area contributed by atoms with Crippen LogP contribution in [0.4, 0.5) is 34.1 Å². The summed E-state index contributed by atoms with van der Waals surface area (Å²) in [6, 6.07) is 19.8. The number of nitrogens with zero attached hydrogens (tertiary/aromatic N) is 7. The van der Waals surface area contributed by atoms with E-state index >= 15 is 0 Å². The van der Waals surface area contributed by atoms with Crippen LogP contribution in [0, 0.1) is 10.1 Å². The van der Waals surface area contributed by atoms with Crippen LogP contribution in [-0.2, 0) is 0 Å². The molecule has 0 spiro atoms. The fourth-order valence-corrected chi connectivity index (χ4v) is 6.30. The lowest BCUT2D eigenvalue weighted by Gasteiger charge is -2.36. The van der Waals surface area contributed by atoms with Gasteiger partial charge in [0.25, 0.3) is 5.69 Å². The molecule has 1 saturated heterocycles. The van der Waals surface area contributed by atoms with Gasteiger partial charge in [-0.25, -0.2) is 0 Å². The van der Waals surface area contributed by atoms with Gasteiger partial charge in [0.15, 0.2) is 0 Å². The van der Waals surface area contributed by atoms with Crippen molar-refractivity contribution in [2.24, 2.45) is 20.5 Å². The van der Waals surface area contributed by atoms with E-state index in [1.54, 1.807) is 12.1 Å². The minimum absolute atomic E-state index is 0.0129. The maximum absolute atomic E-state index is 11.0. The number of anilines is 1. The summed E-state index contributed by atoms with van der Waals surface area (Å²) in [5.74, 6) is 0.581. The first-order valence-corrected chi connectivity index (χ1v) is 19.5. The molecule has 0 unspecified atom stereocenters. The molecule has 3 aromatic rings. The molecule has 3 aromatic carbocycles. The van der Waals surface area contributed by atoms with Crippen LogP contribution in [0.15, 0.2) is 87.2 Å². The Labute approximate surface area is 305 Å². The minimum Gasteiger partial charge on any atom is -0.491 e. The molecule has 0 radical (unpaired) electrons. The van der Waals surface area contributed by atoms with Gasteiger partial charge in [0.05, 0.1) is 28.6 Å². The van der Waals surface area contributed by atoms with Crippen molar-refractivity contribution in [1.29, 1.82) is 0 Å². The van der Waals surface area contributed by atoms with E-state index in [2.05, 4.69) is 56.2 Å². The number of hydrogen-bond acceptors (Lipinski definition) is 9. The molecule has 1 heterocycles. The summed E-state index contributed by atoms with van der Waals surface area (Å²) >= 11 is 0. The molecule has 1 aliphatic rings. The van der Waals surface area contributed by atoms with Crippen molar-refractivity contribution in [3.63, 3.8) is 0 Å². The van der Waals surface area contributed by atoms with Crippen molar-refractivity contribution < 1.29 is 9.66 Å². The summed E-state index contributed by atoms with van der Waals surface area (Å²) in [5, 5.41) is 28.7. The van der Waals surface area contributed by atoms with E-state index in [4.69, 9.17) is 4.74 Å². The first kappa shape index (κ1) is 39.6. The van der Waals surface area contributed by atoms with Gasteiger partial charge in [-0.15, -0.1) is 5.11 Å². The molecule has 0 atom stereocenters. The maximum atomic E-state index is 11.0. The quantitative estimate of drug-likeness (QED) is 0.0400. The highest BCUT2D eigenvalue weighted by Crippen LogP contribution is 2.34. The van der Waals surface area contributed by atoms with E-state index in [1.165, 1.54) is 108 Å². The molecular weight excluding hydrogens is 638 g/mol. The lowest BCUT2D eigenvalue weighted by molar-refractivity contribution is -0.384. The van der Waals surface area contributed by atoms with Gasteiger partial charge in [-0.3, -0.25) is 15.0 Å². The Morgan fingerprint density at radius 2 is 1.12 bits per heavy atom. The largest absolute Gasteiger partial charge is 0.491 e. The summed E-state index contributed by atoms with van der Waals surface area (Å²) < 4.78 is 6.16. The molecule has 51 heavy (non-hydrogen) atoms. The highest BCUT2D eigenvalue weighted by molar-refractivity contribution is 5.59. The van der Waals surface area contributed by atoms with Gasteiger partial charge in [-0.05, 0) is 67.9 Å². The monoisotopic (exact) mass is 697 g/mol. The van der Waals surface area contributed by atoms with Crippen LogP contribution in [0.1, 0.15) is 110 Å². The van der Waals surface area contributed by atoms with Crippen molar-refractivity contribution in [3.8, 4) is 5.75 Å². The summed E-state index contributed by atoms with van der Waals surface area (Å²) in [7, 11) is 0. The van der Waals surface area contributed by atoms with Gasteiger partial charge in [0.2, 0.25) is 0 Å². The third kappa shape index (κ3) is 14.9. The number of nitro benzene ring substituents is 1. The molecule has 0 amide bonds. The van der Waals surface area contributed by atoms with E-state index in [0.717, 1.165) is 44.7 Å². The highest BCUT2D eigenvalue weighted by atomic mass is 16.6. The summed E-state index contributed by atoms with van der Waals surface area (Å²) in [6.07, 6.45) is 19.4. The normalized spacial score (nSPS) is 13.8. The van der Waals surface area contributed by atoms with Crippen LogP contribution in [0.2, 0.25) is 0 Å². The van der Waals surface area contributed by atoms with E-state index < -0.39 is 4.92 Å². The average molecular weight is 698 g/mol. The van der Waals surface area contributed by atoms with Gasteiger partial charge in [0, 0.05) is 50.1 Å². The van der Waals surface area contributed by atoms with E-state index in [0.29, 0.717) is 29.4 Å². The van der Waals surface area contributed by atoms with Gasteiger partial charge in [-0.1, -0.05) is 97.3 Å². The molecule has 0 aliphatic carbocycles. The van der Waals surface area contributed by atoms with Gasteiger partial charge < -0.3 is 9.64 Å². The highest BCUT2D eigenvalue weighted by Gasteiger charge is 2.17. The Morgan fingerprint density at radius 3 is 1.73 bits per heavy atom. The number of piperazine rings is 1. The molecule has 1 aliphatic heterocycles. The topological polar surface area (TPSA) is 108 Å². The van der Waals surface area contributed by atoms with Crippen molar-refractivity contribution in [3.05, 3.63) is 76.8 Å². The number of azo groups is 2. The molecule has 10 nitrogen and oxygen atoms in total. The fraction of sp³-hybridized carbons (Fsp3) is 0.561. The van der Waals surface area contributed by atoms with E-state index in [-0.39, 0.29) is 5.69 Å². The molecular formula is C41H59N7O3. The second kappa shape index (κ2) is 23.3. The van der Waals surface area contributed by atoms with Crippen molar-refractivity contribution in [2.75, 3.05) is 44.2 Å². The molecule has 0 aromatic heterocycles. The number of rotatable bonds is 24.